The highest BCUT2D eigenvalue weighted by molar-refractivity contribution is 5.73. The smallest absolute Gasteiger partial charge is 0.202 e. The van der Waals surface area contributed by atoms with Gasteiger partial charge in [-0.2, -0.15) is 0 Å². The van der Waals surface area contributed by atoms with Crippen molar-refractivity contribution in [2.45, 2.75) is 26.3 Å². The summed E-state index contributed by atoms with van der Waals surface area (Å²) in [5.74, 6) is 0.580. The summed E-state index contributed by atoms with van der Waals surface area (Å²) in [6.45, 7) is 3.22. The monoisotopic (exact) mass is 202 g/mol. The van der Waals surface area contributed by atoms with E-state index in [0.717, 1.165) is 17.7 Å². The van der Waals surface area contributed by atoms with Crippen molar-refractivity contribution in [2.75, 3.05) is 5.73 Å². The molecule has 0 aliphatic heterocycles. The van der Waals surface area contributed by atoms with E-state index in [9.17, 15) is 0 Å². The molecular weight excluding hydrogens is 188 g/mol. The lowest BCUT2D eigenvalue weighted by Gasteiger charge is -2.10. The summed E-state index contributed by atoms with van der Waals surface area (Å²) < 4.78 is 2.03. The Morgan fingerprint density at radius 1 is 1.53 bits per heavy atom. The van der Waals surface area contributed by atoms with Crippen LogP contribution in [0.1, 0.15) is 19.8 Å². The normalized spacial score (nSPS) is 18.2. The highest BCUT2D eigenvalue weighted by Gasteiger charge is 2.38. The van der Waals surface area contributed by atoms with Gasteiger partial charge in [-0.3, -0.25) is 4.57 Å². The third kappa shape index (κ3) is 1.37. The van der Waals surface area contributed by atoms with Gasteiger partial charge in [0.1, 0.15) is 5.52 Å². The zero-order valence-corrected chi connectivity index (χ0v) is 8.77. The number of imidazole rings is 1. The molecule has 2 aromatic rings. The van der Waals surface area contributed by atoms with Crippen molar-refractivity contribution < 1.29 is 0 Å². The molecule has 15 heavy (non-hydrogen) atoms. The van der Waals surface area contributed by atoms with E-state index in [2.05, 4.69) is 16.9 Å². The molecule has 1 aliphatic carbocycles. The van der Waals surface area contributed by atoms with Crippen LogP contribution in [-0.2, 0) is 6.54 Å². The van der Waals surface area contributed by atoms with Crippen LogP contribution in [0.5, 0.6) is 0 Å². The molecule has 4 nitrogen and oxygen atoms in total. The minimum Gasteiger partial charge on any atom is -0.369 e. The largest absolute Gasteiger partial charge is 0.369 e. The number of aromatic nitrogens is 3. The van der Waals surface area contributed by atoms with Gasteiger partial charge in [-0.05, 0) is 30.4 Å². The SMILES string of the molecule is CC1(Cn2c(N)nc3cccnc32)CC1. The maximum Gasteiger partial charge on any atom is 0.202 e. The number of hydrogen-bond acceptors (Lipinski definition) is 3. The van der Waals surface area contributed by atoms with Crippen molar-refractivity contribution in [3.05, 3.63) is 18.3 Å². The Kier molecular flexibility index (Phi) is 1.58. The van der Waals surface area contributed by atoms with E-state index in [1.165, 1.54) is 12.8 Å². The minimum absolute atomic E-state index is 0.416. The number of pyridine rings is 1. The highest BCUT2D eigenvalue weighted by Crippen LogP contribution is 2.47. The van der Waals surface area contributed by atoms with E-state index < -0.39 is 0 Å². The van der Waals surface area contributed by atoms with E-state index in [1.54, 1.807) is 6.20 Å². The van der Waals surface area contributed by atoms with E-state index in [-0.39, 0.29) is 0 Å². The average molecular weight is 202 g/mol. The fraction of sp³-hybridized carbons (Fsp3) is 0.455. The van der Waals surface area contributed by atoms with Gasteiger partial charge >= 0.3 is 0 Å². The molecule has 0 amide bonds. The first kappa shape index (κ1) is 8.71. The standard InChI is InChI=1S/C11H14N4/c1-11(4-5-11)7-15-9-8(14-10(15)12)3-2-6-13-9/h2-3,6H,4-5,7H2,1H3,(H2,12,14). The number of anilines is 1. The average Bonchev–Trinajstić information content (AvgIpc) is 2.86. The number of fused-ring (bicyclic) bond motifs is 1. The fourth-order valence-electron chi connectivity index (χ4n) is 1.89. The Morgan fingerprint density at radius 2 is 2.33 bits per heavy atom. The third-order valence-corrected chi connectivity index (χ3v) is 3.18. The maximum absolute atomic E-state index is 5.90. The van der Waals surface area contributed by atoms with Gasteiger partial charge < -0.3 is 5.73 Å². The predicted molar refractivity (Wildman–Crippen MR) is 59.3 cm³/mol. The molecule has 2 aromatic heterocycles. The molecule has 0 atom stereocenters. The van der Waals surface area contributed by atoms with Crippen molar-refractivity contribution in [1.82, 2.24) is 14.5 Å². The molecule has 78 valence electrons. The maximum atomic E-state index is 5.90. The summed E-state index contributed by atoms with van der Waals surface area (Å²) >= 11 is 0. The van der Waals surface area contributed by atoms with Gasteiger partial charge in [0.05, 0.1) is 0 Å². The summed E-state index contributed by atoms with van der Waals surface area (Å²) in [5.41, 5.74) is 8.11. The molecule has 0 spiro atoms. The molecular formula is C11H14N4. The van der Waals surface area contributed by atoms with E-state index >= 15 is 0 Å². The summed E-state index contributed by atoms with van der Waals surface area (Å²) in [6, 6.07) is 3.84. The Balaban J connectivity index is 2.11. The molecule has 0 bridgehead atoms. The molecule has 2 heterocycles. The molecule has 2 N–H and O–H groups in total. The van der Waals surface area contributed by atoms with Crippen molar-refractivity contribution in [3.63, 3.8) is 0 Å². The Bertz CT molecular complexity index is 510. The number of nitrogens with two attached hydrogens (primary N) is 1. The van der Waals surface area contributed by atoms with E-state index in [4.69, 9.17) is 5.73 Å². The minimum atomic E-state index is 0.416. The number of hydrogen-bond donors (Lipinski definition) is 1. The number of nitrogen functional groups attached to an aromatic ring is 1. The molecule has 1 aliphatic rings. The molecule has 1 fully saturated rings. The van der Waals surface area contributed by atoms with E-state index in [0.29, 0.717) is 11.4 Å². The zero-order chi connectivity index (χ0) is 10.5. The van der Waals surface area contributed by atoms with Crippen LogP contribution in [-0.4, -0.2) is 14.5 Å². The zero-order valence-electron chi connectivity index (χ0n) is 8.77. The van der Waals surface area contributed by atoms with Crippen molar-refractivity contribution in [3.8, 4) is 0 Å². The van der Waals surface area contributed by atoms with Crippen LogP contribution >= 0.6 is 0 Å². The van der Waals surface area contributed by atoms with Crippen molar-refractivity contribution >= 4 is 17.1 Å². The van der Waals surface area contributed by atoms with Gasteiger partial charge in [0, 0.05) is 12.7 Å². The highest BCUT2D eigenvalue weighted by atomic mass is 15.2. The van der Waals surface area contributed by atoms with Crippen molar-refractivity contribution in [2.24, 2.45) is 5.41 Å². The van der Waals surface area contributed by atoms with Gasteiger partial charge in [-0.25, -0.2) is 9.97 Å². The van der Waals surface area contributed by atoms with Crippen LogP contribution in [0.25, 0.3) is 11.2 Å². The quantitative estimate of drug-likeness (QED) is 0.808. The first-order valence-corrected chi connectivity index (χ1v) is 5.25. The molecule has 4 heteroatoms. The van der Waals surface area contributed by atoms with Crippen LogP contribution in [0.2, 0.25) is 0 Å². The lowest BCUT2D eigenvalue weighted by atomic mass is 10.1. The van der Waals surface area contributed by atoms with Crippen LogP contribution in [0, 0.1) is 5.41 Å². The molecule has 0 aromatic carbocycles. The number of nitrogens with zero attached hydrogens (tertiary/aromatic N) is 3. The molecule has 1 saturated carbocycles. The second-order valence-corrected chi connectivity index (χ2v) is 4.71. The molecule has 0 saturated heterocycles. The summed E-state index contributed by atoms with van der Waals surface area (Å²) in [4.78, 5) is 8.64. The first-order chi connectivity index (χ1) is 7.18. The van der Waals surface area contributed by atoms with Gasteiger partial charge in [0.2, 0.25) is 5.95 Å². The van der Waals surface area contributed by atoms with Gasteiger partial charge in [-0.1, -0.05) is 6.92 Å². The Morgan fingerprint density at radius 3 is 3.07 bits per heavy atom. The Hall–Kier alpha value is -1.58. The summed E-state index contributed by atoms with van der Waals surface area (Å²) in [6.07, 6.45) is 4.34. The molecule has 3 rings (SSSR count). The first-order valence-electron chi connectivity index (χ1n) is 5.25. The summed E-state index contributed by atoms with van der Waals surface area (Å²) in [7, 11) is 0. The molecule has 0 radical (unpaired) electrons. The van der Waals surface area contributed by atoms with Crippen molar-refractivity contribution in [1.29, 1.82) is 0 Å². The Labute approximate surface area is 88.1 Å². The van der Waals surface area contributed by atoms with Crippen LogP contribution in [0.4, 0.5) is 5.95 Å². The van der Waals surface area contributed by atoms with E-state index in [1.807, 2.05) is 16.7 Å². The van der Waals surface area contributed by atoms with Gasteiger partial charge in [0.25, 0.3) is 0 Å². The second-order valence-electron chi connectivity index (χ2n) is 4.71. The third-order valence-electron chi connectivity index (χ3n) is 3.18. The number of rotatable bonds is 2. The van der Waals surface area contributed by atoms with Gasteiger partial charge in [-0.15, -0.1) is 0 Å². The lowest BCUT2D eigenvalue weighted by molar-refractivity contribution is 0.475. The lowest BCUT2D eigenvalue weighted by Crippen LogP contribution is -2.11. The van der Waals surface area contributed by atoms with Gasteiger partial charge in [0.15, 0.2) is 5.65 Å². The summed E-state index contributed by atoms with van der Waals surface area (Å²) in [5, 5.41) is 0. The van der Waals surface area contributed by atoms with Crippen LogP contribution in [0.15, 0.2) is 18.3 Å². The second kappa shape index (κ2) is 2.72. The fourth-order valence-corrected chi connectivity index (χ4v) is 1.89. The van der Waals surface area contributed by atoms with Crippen LogP contribution < -0.4 is 5.73 Å². The predicted octanol–water partition coefficient (Wildman–Crippen LogP) is 1.81. The topological polar surface area (TPSA) is 56.7 Å². The molecule has 0 unspecified atom stereocenters. The van der Waals surface area contributed by atoms with Crippen LogP contribution in [0.3, 0.4) is 0 Å².